The van der Waals surface area contributed by atoms with Crippen LogP contribution in [0.2, 0.25) is 0 Å². The average molecular weight is 237 g/mol. The first-order chi connectivity index (χ1) is 7.76. The van der Waals surface area contributed by atoms with Gasteiger partial charge < -0.3 is 9.84 Å². The standard InChI is InChI=1S/C13H23N3O/c1-9-14-11(17-16-9)15-10-6-12(2,3)8-13(4,5)7-10/h10H,6-8H2,1-5H3,(H,14,15,16). The predicted octanol–water partition coefficient (Wildman–Crippen LogP) is 3.39. The Morgan fingerprint density at radius 1 is 1.18 bits per heavy atom. The van der Waals surface area contributed by atoms with Gasteiger partial charge in [-0.15, -0.1) is 0 Å². The maximum atomic E-state index is 5.13. The number of hydrogen-bond acceptors (Lipinski definition) is 4. The van der Waals surface area contributed by atoms with Gasteiger partial charge in [-0.05, 0) is 37.0 Å². The van der Waals surface area contributed by atoms with Gasteiger partial charge in [-0.2, -0.15) is 4.98 Å². The molecule has 1 heterocycles. The highest BCUT2D eigenvalue weighted by Gasteiger charge is 2.38. The molecule has 0 aromatic carbocycles. The molecule has 0 amide bonds. The van der Waals surface area contributed by atoms with E-state index in [0.717, 1.165) is 12.8 Å². The third kappa shape index (κ3) is 3.20. The summed E-state index contributed by atoms with van der Waals surface area (Å²) >= 11 is 0. The summed E-state index contributed by atoms with van der Waals surface area (Å²) in [6.07, 6.45) is 3.57. The number of rotatable bonds is 2. The Bertz CT molecular complexity index is 379. The summed E-state index contributed by atoms with van der Waals surface area (Å²) < 4.78 is 5.13. The van der Waals surface area contributed by atoms with Crippen molar-refractivity contribution in [3.05, 3.63) is 5.82 Å². The zero-order valence-electron chi connectivity index (χ0n) is 11.5. The van der Waals surface area contributed by atoms with E-state index in [-0.39, 0.29) is 0 Å². The second-order valence-corrected chi connectivity index (χ2v) is 6.90. The monoisotopic (exact) mass is 237 g/mol. The zero-order valence-corrected chi connectivity index (χ0v) is 11.5. The first-order valence-corrected chi connectivity index (χ1v) is 6.33. The van der Waals surface area contributed by atoms with Crippen LogP contribution in [0.3, 0.4) is 0 Å². The number of anilines is 1. The third-order valence-electron chi connectivity index (χ3n) is 3.41. The van der Waals surface area contributed by atoms with E-state index in [0.29, 0.717) is 28.7 Å². The molecule has 4 heteroatoms. The molecule has 1 aliphatic rings. The summed E-state index contributed by atoms with van der Waals surface area (Å²) in [6, 6.07) is 0.981. The van der Waals surface area contributed by atoms with Gasteiger partial charge in [0, 0.05) is 6.04 Å². The van der Waals surface area contributed by atoms with Crippen molar-refractivity contribution < 1.29 is 4.52 Å². The summed E-state index contributed by atoms with van der Waals surface area (Å²) in [5.41, 5.74) is 0.739. The smallest absolute Gasteiger partial charge is 0.321 e. The van der Waals surface area contributed by atoms with E-state index in [1.165, 1.54) is 6.42 Å². The molecule has 0 atom stereocenters. The number of nitrogens with one attached hydrogen (secondary N) is 1. The van der Waals surface area contributed by atoms with Crippen molar-refractivity contribution in [1.82, 2.24) is 10.1 Å². The molecule has 4 nitrogen and oxygen atoms in total. The molecule has 0 spiro atoms. The van der Waals surface area contributed by atoms with E-state index in [2.05, 4.69) is 43.2 Å². The molecule has 0 unspecified atom stereocenters. The van der Waals surface area contributed by atoms with E-state index in [1.807, 2.05) is 6.92 Å². The van der Waals surface area contributed by atoms with Gasteiger partial charge in [0.2, 0.25) is 0 Å². The van der Waals surface area contributed by atoms with Crippen LogP contribution < -0.4 is 5.32 Å². The van der Waals surface area contributed by atoms with Gasteiger partial charge in [0.1, 0.15) is 0 Å². The summed E-state index contributed by atoms with van der Waals surface area (Å²) in [5.74, 6) is 0.682. The Balaban J connectivity index is 2.06. The van der Waals surface area contributed by atoms with Gasteiger partial charge in [0.25, 0.3) is 0 Å². The quantitative estimate of drug-likeness (QED) is 0.856. The summed E-state index contributed by atoms with van der Waals surface area (Å²) in [4.78, 5) is 4.21. The molecule has 17 heavy (non-hydrogen) atoms. The molecule has 0 radical (unpaired) electrons. The van der Waals surface area contributed by atoms with Crippen molar-refractivity contribution in [2.75, 3.05) is 5.32 Å². The summed E-state index contributed by atoms with van der Waals surface area (Å²) in [7, 11) is 0. The van der Waals surface area contributed by atoms with E-state index >= 15 is 0 Å². The largest absolute Gasteiger partial charge is 0.335 e. The van der Waals surface area contributed by atoms with Crippen molar-refractivity contribution in [2.45, 2.75) is 59.9 Å². The average Bonchev–Trinajstić information content (AvgIpc) is 2.44. The van der Waals surface area contributed by atoms with Gasteiger partial charge in [0.15, 0.2) is 5.82 Å². The molecule has 0 bridgehead atoms. The van der Waals surface area contributed by atoms with Crippen LogP contribution in [0.5, 0.6) is 0 Å². The Hall–Kier alpha value is -1.06. The lowest BCUT2D eigenvalue weighted by molar-refractivity contribution is 0.104. The van der Waals surface area contributed by atoms with E-state index < -0.39 is 0 Å². The summed E-state index contributed by atoms with van der Waals surface area (Å²) in [6.45, 7) is 11.2. The maximum Gasteiger partial charge on any atom is 0.321 e. The van der Waals surface area contributed by atoms with Crippen molar-refractivity contribution >= 4 is 6.01 Å². The fraction of sp³-hybridized carbons (Fsp3) is 0.846. The summed E-state index contributed by atoms with van der Waals surface area (Å²) in [5, 5.41) is 7.18. The first kappa shape index (κ1) is 12.4. The minimum Gasteiger partial charge on any atom is -0.335 e. The zero-order chi connectivity index (χ0) is 12.7. The Morgan fingerprint density at radius 3 is 2.24 bits per heavy atom. The molecule has 1 aromatic rings. The second kappa shape index (κ2) is 4.00. The number of aromatic nitrogens is 2. The van der Waals surface area contributed by atoms with Crippen molar-refractivity contribution in [1.29, 1.82) is 0 Å². The number of hydrogen-bond donors (Lipinski definition) is 1. The SMILES string of the molecule is Cc1noc(NC2CC(C)(C)CC(C)(C)C2)n1. The van der Waals surface area contributed by atoms with Crippen LogP contribution in [0.15, 0.2) is 4.52 Å². The minimum absolute atomic E-state index is 0.370. The van der Waals surface area contributed by atoms with Crippen molar-refractivity contribution in [3.63, 3.8) is 0 Å². The van der Waals surface area contributed by atoms with Crippen LogP contribution in [0.1, 0.15) is 52.8 Å². The van der Waals surface area contributed by atoms with E-state index in [1.54, 1.807) is 0 Å². The lowest BCUT2D eigenvalue weighted by atomic mass is 9.63. The number of aryl methyl sites for hydroxylation is 1. The molecule has 1 N–H and O–H groups in total. The Labute approximate surface area is 103 Å². The van der Waals surface area contributed by atoms with Crippen LogP contribution in [0.4, 0.5) is 6.01 Å². The second-order valence-electron chi connectivity index (χ2n) is 6.90. The Morgan fingerprint density at radius 2 is 1.76 bits per heavy atom. The van der Waals surface area contributed by atoms with Gasteiger partial charge >= 0.3 is 6.01 Å². The maximum absolute atomic E-state index is 5.13. The van der Waals surface area contributed by atoms with Crippen molar-refractivity contribution in [2.24, 2.45) is 10.8 Å². The molecule has 1 aromatic heterocycles. The van der Waals surface area contributed by atoms with Gasteiger partial charge in [-0.25, -0.2) is 0 Å². The molecule has 2 rings (SSSR count). The van der Waals surface area contributed by atoms with Gasteiger partial charge in [-0.3, -0.25) is 0 Å². The van der Waals surface area contributed by atoms with E-state index in [4.69, 9.17) is 4.52 Å². The van der Waals surface area contributed by atoms with Gasteiger partial charge in [-0.1, -0.05) is 32.9 Å². The molecular formula is C13H23N3O. The highest BCUT2D eigenvalue weighted by molar-refractivity contribution is 5.21. The highest BCUT2D eigenvalue weighted by Crippen LogP contribution is 2.46. The first-order valence-electron chi connectivity index (χ1n) is 6.33. The molecule has 1 aliphatic carbocycles. The normalized spacial score (nSPS) is 23.6. The fourth-order valence-corrected chi connectivity index (χ4v) is 3.48. The molecule has 1 fully saturated rings. The fourth-order valence-electron chi connectivity index (χ4n) is 3.48. The molecular weight excluding hydrogens is 214 g/mol. The van der Waals surface area contributed by atoms with Crippen LogP contribution in [0.25, 0.3) is 0 Å². The van der Waals surface area contributed by atoms with Crippen LogP contribution in [0, 0.1) is 17.8 Å². The van der Waals surface area contributed by atoms with Crippen LogP contribution in [-0.2, 0) is 0 Å². The van der Waals surface area contributed by atoms with Crippen LogP contribution in [-0.4, -0.2) is 16.2 Å². The highest BCUT2D eigenvalue weighted by atomic mass is 16.5. The Kier molecular flexibility index (Phi) is 2.92. The lowest BCUT2D eigenvalue weighted by Crippen LogP contribution is -2.40. The molecule has 1 saturated carbocycles. The lowest BCUT2D eigenvalue weighted by Gasteiger charge is -2.44. The molecule has 0 aliphatic heterocycles. The molecule has 0 saturated heterocycles. The topological polar surface area (TPSA) is 51.0 Å². The third-order valence-corrected chi connectivity index (χ3v) is 3.41. The van der Waals surface area contributed by atoms with Crippen LogP contribution >= 0.6 is 0 Å². The molecule has 96 valence electrons. The van der Waals surface area contributed by atoms with E-state index in [9.17, 15) is 0 Å². The number of nitrogens with zero attached hydrogens (tertiary/aromatic N) is 2. The minimum atomic E-state index is 0.370. The van der Waals surface area contributed by atoms with Crippen molar-refractivity contribution in [3.8, 4) is 0 Å². The predicted molar refractivity (Wildman–Crippen MR) is 67.9 cm³/mol. The van der Waals surface area contributed by atoms with Gasteiger partial charge in [0.05, 0.1) is 0 Å².